The van der Waals surface area contributed by atoms with Crippen LogP contribution in [0.3, 0.4) is 0 Å². The zero-order valence-electron chi connectivity index (χ0n) is 16.1. The van der Waals surface area contributed by atoms with Gasteiger partial charge < -0.3 is 4.74 Å². The van der Waals surface area contributed by atoms with Gasteiger partial charge in [0.05, 0.1) is 5.69 Å². The number of Topliss-reactive ketones (excluding diaryl/α,β-unsaturated/α-hetero) is 1. The number of amides is 1. The lowest BCUT2D eigenvalue weighted by Gasteiger charge is -2.07. The summed E-state index contributed by atoms with van der Waals surface area (Å²) in [4.78, 5) is 28.3. The first-order valence-corrected chi connectivity index (χ1v) is 9.93. The van der Waals surface area contributed by atoms with Crippen LogP contribution >= 0.6 is 11.3 Å². The number of benzene rings is 2. The maximum Gasteiger partial charge on any atom is 0.264 e. The quantitative estimate of drug-likeness (QED) is 0.570. The van der Waals surface area contributed by atoms with E-state index in [0.717, 1.165) is 16.8 Å². The van der Waals surface area contributed by atoms with Crippen LogP contribution in [0.4, 0.5) is 5.13 Å². The highest BCUT2D eigenvalue weighted by Gasteiger charge is 2.11. The van der Waals surface area contributed by atoms with Crippen molar-refractivity contribution in [3.05, 3.63) is 64.5 Å². The van der Waals surface area contributed by atoms with Gasteiger partial charge in [-0.1, -0.05) is 24.6 Å². The summed E-state index contributed by atoms with van der Waals surface area (Å²) in [6.07, 6.45) is 0.459. The number of ketones is 1. The third kappa shape index (κ3) is 4.84. The maximum absolute atomic E-state index is 12.2. The van der Waals surface area contributed by atoms with Crippen LogP contribution in [0.25, 0.3) is 11.3 Å². The highest BCUT2D eigenvalue weighted by Crippen LogP contribution is 2.28. The summed E-state index contributed by atoms with van der Waals surface area (Å²) < 4.78 is 5.49. The van der Waals surface area contributed by atoms with Crippen LogP contribution in [0.1, 0.15) is 34.8 Å². The summed E-state index contributed by atoms with van der Waals surface area (Å²) in [6.45, 7) is 5.78. The van der Waals surface area contributed by atoms with E-state index in [1.807, 2.05) is 26.2 Å². The van der Waals surface area contributed by atoms with E-state index in [9.17, 15) is 9.59 Å². The zero-order valence-corrected chi connectivity index (χ0v) is 16.9. The van der Waals surface area contributed by atoms with Crippen LogP contribution in [0.5, 0.6) is 5.75 Å². The Balaban J connectivity index is 1.58. The molecular weight excluding hydrogens is 372 g/mol. The Morgan fingerprint density at radius 1 is 1.11 bits per heavy atom. The molecule has 3 aromatic rings. The molecule has 0 saturated carbocycles. The molecule has 0 aliphatic carbocycles. The molecule has 0 aliphatic heterocycles. The molecule has 5 nitrogen and oxygen atoms in total. The third-order valence-corrected chi connectivity index (χ3v) is 5.04. The van der Waals surface area contributed by atoms with E-state index < -0.39 is 0 Å². The molecule has 2 aromatic carbocycles. The number of anilines is 1. The van der Waals surface area contributed by atoms with E-state index in [1.165, 1.54) is 16.9 Å². The van der Waals surface area contributed by atoms with Gasteiger partial charge in [-0.2, -0.15) is 0 Å². The van der Waals surface area contributed by atoms with Crippen LogP contribution in [-0.4, -0.2) is 23.3 Å². The van der Waals surface area contributed by atoms with Crippen molar-refractivity contribution in [2.24, 2.45) is 0 Å². The number of aromatic nitrogens is 1. The largest absolute Gasteiger partial charge is 0.484 e. The van der Waals surface area contributed by atoms with Crippen LogP contribution < -0.4 is 10.1 Å². The minimum Gasteiger partial charge on any atom is -0.484 e. The number of nitrogens with zero attached hydrogens (tertiary/aromatic N) is 1. The van der Waals surface area contributed by atoms with Crippen molar-refractivity contribution in [3.8, 4) is 17.0 Å². The number of thiazole rings is 1. The minimum absolute atomic E-state index is 0.0766. The standard InChI is InChI=1S/C22H22N2O3S/c1-4-20(25)16-7-9-17(10-8-16)27-12-21(26)24-22-23-19(13-28-22)18-11-14(2)5-6-15(18)3/h5-11,13H,4,12H2,1-3H3,(H,23,24,26). The van der Waals surface area contributed by atoms with Gasteiger partial charge in [0.2, 0.25) is 0 Å². The Kier molecular flexibility index (Phi) is 6.21. The molecule has 0 radical (unpaired) electrons. The normalized spacial score (nSPS) is 10.5. The number of ether oxygens (including phenoxy) is 1. The summed E-state index contributed by atoms with van der Waals surface area (Å²) >= 11 is 1.38. The predicted molar refractivity (Wildman–Crippen MR) is 112 cm³/mol. The van der Waals surface area contributed by atoms with E-state index in [4.69, 9.17) is 4.74 Å². The fourth-order valence-corrected chi connectivity index (χ4v) is 3.44. The van der Waals surface area contributed by atoms with Crippen molar-refractivity contribution in [1.82, 2.24) is 4.98 Å². The highest BCUT2D eigenvalue weighted by atomic mass is 32.1. The second kappa shape index (κ2) is 8.80. The summed E-state index contributed by atoms with van der Waals surface area (Å²) in [5, 5.41) is 5.23. The first-order chi connectivity index (χ1) is 13.5. The number of aryl methyl sites for hydroxylation is 2. The van der Waals surface area contributed by atoms with Crippen LogP contribution in [0, 0.1) is 13.8 Å². The second-order valence-electron chi connectivity index (χ2n) is 6.49. The molecule has 1 N–H and O–H groups in total. The van der Waals surface area contributed by atoms with Gasteiger partial charge in [0, 0.05) is 22.9 Å². The van der Waals surface area contributed by atoms with Crippen LogP contribution in [0.2, 0.25) is 0 Å². The van der Waals surface area contributed by atoms with Crippen LogP contribution in [-0.2, 0) is 4.79 Å². The van der Waals surface area contributed by atoms with Crippen molar-refractivity contribution in [2.45, 2.75) is 27.2 Å². The molecule has 3 rings (SSSR count). The molecular formula is C22H22N2O3S. The number of hydrogen-bond donors (Lipinski definition) is 1. The first kappa shape index (κ1) is 19.8. The number of rotatable bonds is 7. The smallest absolute Gasteiger partial charge is 0.264 e. The van der Waals surface area contributed by atoms with E-state index in [2.05, 4.69) is 28.5 Å². The molecule has 0 fully saturated rings. The minimum atomic E-state index is -0.282. The monoisotopic (exact) mass is 394 g/mol. The average molecular weight is 394 g/mol. The number of nitrogens with one attached hydrogen (secondary N) is 1. The number of hydrogen-bond acceptors (Lipinski definition) is 5. The Morgan fingerprint density at radius 3 is 2.57 bits per heavy atom. The topological polar surface area (TPSA) is 68.3 Å². The second-order valence-corrected chi connectivity index (χ2v) is 7.35. The third-order valence-electron chi connectivity index (χ3n) is 4.29. The summed E-state index contributed by atoms with van der Waals surface area (Å²) in [6, 6.07) is 13.0. The molecule has 0 unspecified atom stereocenters. The van der Waals surface area contributed by atoms with Gasteiger partial charge in [0.15, 0.2) is 17.5 Å². The molecule has 1 aromatic heterocycles. The van der Waals surface area contributed by atoms with Crippen molar-refractivity contribution in [1.29, 1.82) is 0 Å². The lowest BCUT2D eigenvalue weighted by Crippen LogP contribution is -2.20. The van der Waals surface area contributed by atoms with Gasteiger partial charge in [0.25, 0.3) is 5.91 Å². The van der Waals surface area contributed by atoms with E-state index in [1.54, 1.807) is 24.3 Å². The fraction of sp³-hybridized carbons (Fsp3) is 0.227. The van der Waals surface area contributed by atoms with Crippen molar-refractivity contribution in [2.75, 3.05) is 11.9 Å². The fourth-order valence-electron chi connectivity index (χ4n) is 2.71. The SMILES string of the molecule is CCC(=O)c1ccc(OCC(=O)Nc2nc(-c3cc(C)ccc3C)cs2)cc1. The molecule has 0 spiro atoms. The zero-order chi connectivity index (χ0) is 20.1. The Hall–Kier alpha value is -2.99. The van der Waals surface area contributed by atoms with Gasteiger partial charge in [-0.3, -0.25) is 14.9 Å². The molecule has 1 amide bonds. The van der Waals surface area contributed by atoms with Crippen molar-refractivity contribution in [3.63, 3.8) is 0 Å². The molecule has 0 saturated heterocycles. The molecule has 1 heterocycles. The number of carbonyl (C=O) groups is 2. The Morgan fingerprint density at radius 2 is 1.86 bits per heavy atom. The van der Waals surface area contributed by atoms with Gasteiger partial charge in [-0.15, -0.1) is 11.3 Å². The van der Waals surface area contributed by atoms with Crippen molar-refractivity contribution < 1.29 is 14.3 Å². The first-order valence-electron chi connectivity index (χ1n) is 9.05. The highest BCUT2D eigenvalue weighted by molar-refractivity contribution is 7.14. The number of carbonyl (C=O) groups excluding carboxylic acids is 2. The van der Waals surface area contributed by atoms with Gasteiger partial charge in [-0.25, -0.2) is 4.98 Å². The molecule has 6 heteroatoms. The molecule has 0 aliphatic rings. The molecule has 28 heavy (non-hydrogen) atoms. The molecule has 0 bridgehead atoms. The van der Waals surface area contributed by atoms with Gasteiger partial charge in [0.1, 0.15) is 5.75 Å². The summed E-state index contributed by atoms with van der Waals surface area (Å²) in [7, 11) is 0. The Bertz CT molecular complexity index is 993. The summed E-state index contributed by atoms with van der Waals surface area (Å²) in [5.74, 6) is 0.335. The Labute approximate surface area is 168 Å². The van der Waals surface area contributed by atoms with Gasteiger partial charge >= 0.3 is 0 Å². The lowest BCUT2D eigenvalue weighted by molar-refractivity contribution is -0.118. The van der Waals surface area contributed by atoms with Crippen LogP contribution in [0.15, 0.2) is 47.8 Å². The average Bonchev–Trinajstić information content (AvgIpc) is 3.16. The van der Waals surface area contributed by atoms with E-state index in [0.29, 0.717) is 22.9 Å². The van der Waals surface area contributed by atoms with E-state index >= 15 is 0 Å². The maximum atomic E-state index is 12.2. The summed E-state index contributed by atoms with van der Waals surface area (Å²) in [5.41, 5.74) is 4.86. The van der Waals surface area contributed by atoms with Crippen molar-refractivity contribution >= 4 is 28.2 Å². The lowest BCUT2D eigenvalue weighted by atomic mass is 10.0. The molecule has 144 valence electrons. The predicted octanol–water partition coefficient (Wildman–Crippen LogP) is 5.04. The van der Waals surface area contributed by atoms with E-state index in [-0.39, 0.29) is 18.3 Å². The van der Waals surface area contributed by atoms with Gasteiger partial charge in [-0.05, 0) is 49.7 Å². The molecule has 0 atom stereocenters.